The number of aromatic nitrogens is 1. The van der Waals surface area contributed by atoms with E-state index in [1.165, 1.54) is 27.2 Å². The highest BCUT2D eigenvalue weighted by molar-refractivity contribution is 7.89. The van der Waals surface area contributed by atoms with Crippen LogP contribution >= 0.6 is 0 Å². The van der Waals surface area contributed by atoms with E-state index in [9.17, 15) is 22.8 Å². The predicted octanol–water partition coefficient (Wildman–Crippen LogP) is 0.929. The Balaban J connectivity index is 1.56. The van der Waals surface area contributed by atoms with Gasteiger partial charge in [-0.05, 0) is 31.0 Å². The molecule has 28 heavy (non-hydrogen) atoms. The summed E-state index contributed by atoms with van der Waals surface area (Å²) in [7, 11) is -3.65. The van der Waals surface area contributed by atoms with E-state index in [4.69, 9.17) is 0 Å². The van der Waals surface area contributed by atoms with Crippen molar-refractivity contribution in [1.82, 2.24) is 13.8 Å². The van der Waals surface area contributed by atoms with Crippen LogP contribution in [0.5, 0.6) is 0 Å². The van der Waals surface area contributed by atoms with Crippen LogP contribution in [0.25, 0.3) is 0 Å². The Hall–Kier alpha value is -2.78. The van der Waals surface area contributed by atoms with Crippen molar-refractivity contribution in [3.05, 3.63) is 64.1 Å². The molecule has 1 fully saturated rings. The lowest BCUT2D eigenvalue weighted by Crippen LogP contribution is -2.35. The van der Waals surface area contributed by atoms with Gasteiger partial charge in [-0.15, -0.1) is 0 Å². The Labute approximate surface area is 162 Å². The van der Waals surface area contributed by atoms with Crippen LogP contribution in [0.3, 0.4) is 0 Å². The first-order valence-corrected chi connectivity index (χ1v) is 10.5. The number of nitrogens with zero attached hydrogens (tertiary/aromatic N) is 3. The largest absolute Gasteiger partial charge is 0.312 e. The lowest BCUT2D eigenvalue weighted by Gasteiger charge is -2.18. The van der Waals surface area contributed by atoms with Gasteiger partial charge < -0.3 is 4.57 Å². The topological polar surface area (TPSA) is 96.8 Å². The molecule has 2 aliphatic heterocycles. The summed E-state index contributed by atoms with van der Waals surface area (Å²) in [5, 5.41) is 0. The second-order valence-corrected chi connectivity index (χ2v) is 8.75. The number of carbonyl (C=O) groups excluding carboxylic acids is 2. The van der Waals surface area contributed by atoms with Gasteiger partial charge in [0.25, 0.3) is 17.4 Å². The highest BCUT2D eigenvalue weighted by Gasteiger charge is 2.35. The maximum Gasteiger partial charge on any atom is 0.261 e. The molecule has 0 unspecified atom stereocenters. The quantitative estimate of drug-likeness (QED) is 0.695. The van der Waals surface area contributed by atoms with E-state index in [1.54, 1.807) is 24.3 Å². The molecule has 1 aromatic heterocycles. The maximum atomic E-state index is 12.7. The molecule has 0 atom stereocenters. The molecule has 4 rings (SSSR count). The fraction of sp³-hybridized carbons (Fsp3) is 0.316. The van der Waals surface area contributed by atoms with E-state index in [1.807, 2.05) is 0 Å². The van der Waals surface area contributed by atoms with E-state index in [0.717, 1.165) is 17.7 Å². The number of rotatable bonds is 5. The van der Waals surface area contributed by atoms with Gasteiger partial charge in [0.15, 0.2) is 0 Å². The molecule has 0 bridgehead atoms. The summed E-state index contributed by atoms with van der Waals surface area (Å²) in [5.41, 5.74) is 0.285. The highest BCUT2D eigenvalue weighted by atomic mass is 32.2. The Morgan fingerprint density at radius 1 is 0.821 bits per heavy atom. The van der Waals surface area contributed by atoms with Crippen molar-refractivity contribution >= 4 is 21.8 Å². The van der Waals surface area contributed by atoms with Gasteiger partial charge in [-0.1, -0.05) is 12.1 Å². The molecule has 0 spiro atoms. The zero-order valence-electron chi connectivity index (χ0n) is 15.1. The van der Waals surface area contributed by atoms with Crippen molar-refractivity contribution in [1.29, 1.82) is 0 Å². The molecular formula is C19H19N3O5S. The van der Waals surface area contributed by atoms with E-state index in [0.29, 0.717) is 24.2 Å². The minimum atomic E-state index is -3.65. The third kappa shape index (κ3) is 3.06. The molecule has 1 aromatic carbocycles. The number of pyridine rings is 1. The normalized spacial score (nSPS) is 17.4. The standard InChI is InChI=1S/C19H19N3O5S/c23-17-8-7-14(28(26,27)21-9-3-4-10-21)13-20(17)11-12-22-18(24)15-5-1-2-6-16(15)19(22)25/h1-2,5-8,13H,3-4,9-12H2. The number of hydrogen-bond donors (Lipinski definition) is 0. The molecule has 8 nitrogen and oxygen atoms in total. The second kappa shape index (κ2) is 6.99. The van der Waals surface area contributed by atoms with E-state index in [-0.39, 0.29) is 18.0 Å². The van der Waals surface area contributed by atoms with Crippen LogP contribution in [0.1, 0.15) is 33.6 Å². The molecule has 9 heteroatoms. The number of amides is 2. The van der Waals surface area contributed by atoms with Crippen LogP contribution < -0.4 is 5.56 Å². The first-order chi connectivity index (χ1) is 13.4. The van der Waals surface area contributed by atoms with Crippen molar-refractivity contribution in [2.75, 3.05) is 19.6 Å². The first kappa shape index (κ1) is 18.6. The number of hydrogen-bond acceptors (Lipinski definition) is 5. The Kier molecular flexibility index (Phi) is 4.64. The molecule has 0 aliphatic carbocycles. The fourth-order valence-corrected chi connectivity index (χ4v) is 5.10. The summed E-state index contributed by atoms with van der Waals surface area (Å²) in [6.45, 7) is 0.945. The van der Waals surface area contributed by atoms with Gasteiger partial charge in [0.1, 0.15) is 0 Å². The van der Waals surface area contributed by atoms with Crippen LogP contribution in [-0.4, -0.2) is 53.6 Å². The van der Waals surface area contributed by atoms with Crippen molar-refractivity contribution < 1.29 is 18.0 Å². The van der Waals surface area contributed by atoms with Gasteiger partial charge in [-0.3, -0.25) is 19.3 Å². The van der Waals surface area contributed by atoms with Gasteiger partial charge in [0.2, 0.25) is 10.0 Å². The monoisotopic (exact) mass is 401 g/mol. The Morgan fingerprint density at radius 3 is 2.04 bits per heavy atom. The van der Waals surface area contributed by atoms with Gasteiger partial charge in [-0.25, -0.2) is 8.42 Å². The third-order valence-electron chi connectivity index (χ3n) is 5.10. The van der Waals surface area contributed by atoms with E-state index < -0.39 is 27.4 Å². The molecule has 0 radical (unpaired) electrons. The lowest BCUT2D eigenvalue weighted by molar-refractivity contribution is 0.0648. The van der Waals surface area contributed by atoms with Crippen molar-refractivity contribution in [3.63, 3.8) is 0 Å². The lowest BCUT2D eigenvalue weighted by atomic mass is 10.1. The molecular weight excluding hydrogens is 382 g/mol. The Bertz CT molecular complexity index is 1080. The van der Waals surface area contributed by atoms with Crippen LogP contribution in [0.15, 0.2) is 52.3 Å². The molecule has 2 aliphatic rings. The molecule has 1 saturated heterocycles. The zero-order chi connectivity index (χ0) is 19.9. The van der Waals surface area contributed by atoms with E-state index >= 15 is 0 Å². The average molecular weight is 401 g/mol. The summed E-state index contributed by atoms with van der Waals surface area (Å²) in [6, 6.07) is 9.05. The fourth-order valence-electron chi connectivity index (χ4n) is 3.56. The molecule has 2 amide bonds. The number of imide groups is 1. The minimum Gasteiger partial charge on any atom is -0.312 e. The first-order valence-electron chi connectivity index (χ1n) is 9.05. The number of benzene rings is 1. The third-order valence-corrected chi connectivity index (χ3v) is 6.98. The van der Waals surface area contributed by atoms with Crippen LogP contribution in [0.4, 0.5) is 0 Å². The summed E-state index contributed by atoms with van der Waals surface area (Å²) < 4.78 is 28.0. The van der Waals surface area contributed by atoms with Gasteiger partial charge in [0.05, 0.1) is 16.0 Å². The molecule has 146 valence electrons. The van der Waals surface area contributed by atoms with Crippen molar-refractivity contribution in [2.45, 2.75) is 24.3 Å². The van der Waals surface area contributed by atoms with Gasteiger partial charge >= 0.3 is 0 Å². The van der Waals surface area contributed by atoms with Crippen molar-refractivity contribution in [2.24, 2.45) is 0 Å². The predicted molar refractivity (Wildman–Crippen MR) is 101 cm³/mol. The average Bonchev–Trinajstić information content (AvgIpc) is 3.31. The number of carbonyl (C=O) groups is 2. The highest BCUT2D eigenvalue weighted by Crippen LogP contribution is 2.23. The summed E-state index contributed by atoms with van der Waals surface area (Å²) in [4.78, 5) is 38.1. The molecule has 3 heterocycles. The van der Waals surface area contributed by atoms with Gasteiger partial charge in [-0.2, -0.15) is 4.31 Å². The van der Waals surface area contributed by atoms with Crippen LogP contribution in [-0.2, 0) is 16.6 Å². The minimum absolute atomic E-state index is 0.0144. The molecule has 0 saturated carbocycles. The Morgan fingerprint density at radius 2 is 1.43 bits per heavy atom. The summed E-state index contributed by atoms with van der Waals surface area (Å²) in [6.07, 6.45) is 2.92. The van der Waals surface area contributed by atoms with Crippen molar-refractivity contribution in [3.8, 4) is 0 Å². The smallest absolute Gasteiger partial charge is 0.261 e. The number of fused-ring (bicyclic) bond motifs is 1. The van der Waals surface area contributed by atoms with Crippen LogP contribution in [0.2, 0.25) is 0 Å². The molecule has 2 aromatic rings. The zero-order valence-corrected chi connectivity index (χ0v) is 15.9. The summed E-state index contributed by atoms with van der Waals surface area (Å²) in [5.74, 6) is -0.816. The van der Waals surface area contributed by atoms with E-state index in [2.05, 4.69) is 0 Å². The summed E-state index contributed by atoms with van der Waals surface area (Å²) >= 11 is 0. The van der Waals surface area contributed by atoms with Gasteiger partial charge in [0, 0.05) is 38.4 Å². The second-order valence-electron chi connectivity index (χ2n) is 6.82. The number of sulfonamides is 1. The maximum absolute atomic E-state index is 12.7. The SMILES string of the molecule is O=C1c2ccccc2C(=O)N1CCn1cc(S(=O)(=O)N2CCCC2)ccc1=O. The molecule has 0 N–H and O–H groups in total. The van der Waals surface area contributed by atoms with Crippen LogP contribution in [0, 0.1) is 0 Å².